The van der Waals surface area contributed by atoms with E-state index in [-0.39, 0.29) is 6.54 Å². The van der Waals surface area contributed by atoms with Gasteiger partial charge in [0.15, 0.2) is 0 Å². The third kappa shape index (κ3) is 1.88. The molecule has 1 heterocycles. The minimum absolute atomic E-state index is 0.349. The lowest BCUT2D eigenvalue weighted by molar-refractivity contribution is -0.165. The second-order valence-corrected chi connectivity index (χ2v) is 3.40. The van der Waals surface area contributed by atoms with Crippen LogP contribution in [0.2, 0.25) is 0 Å². The Hall–Kier alpha value is -1.72. The van der Waals surface area contributed by atoms with Gasteiger partial charge in [-0.3, -0.25) is 29.0 Å². The Balaban J connectivity index is 2.99. The van der Waals surface area contributed by atoms with Crippen LogP contribution < -0.4 is 0 Å². The maximum absolute atomic E-state index is 11.6. The summed E-state index contributed by atoms with van der Waals surface area (Å²) in [7, 11) is 0. The SMILES string of the molecule is CC(=O)N1CC(=O)N(C(C)=O)[C@@H](C)C1=O. The van der Waals surface area contributed by atoms with Crippen LogP contribution >= 0.6 is 0 Å². The molecule has 0 saturated carbocycles. The molecule has 1 fully saturated rings. The average Bonchev–Trinajstić information content (AvgIpc) is 2.10. The maximum Gasteiger partial charge on any atom is 0.252 e. The van der Waals surface area contributed by atoms with E-state index < -0.39 is 29.7 Å². The molecule has 1 rings (SSSR count). The van der Waals surface area contributed by atoms with Crippen LogP contribution in [-0.2, 0) is 19.2 Å². The van der Waals surface area contributed by atoms with Gasteiger partial charge in [-0.25, -0.2) is 0 Å². The fraction of sp³-hybridized carbons (Fsp3) is 0.556. The summed E-state index contributed by atoms with van der Waals surface area (Å²) in [5, 5.41) is 0. The van der Waals surface area contributed by atoms with Crippen LogP contribution in [-0.4, -0.2) is 46.0 Å². The van der Waals surface area contributed by atoms with Gasteiger partial charge in [0.05, 0.1) is 0 Å². The van der Waals surface area contributed by atoms with E-state index >= 15 is 0 Å². The second-order valence-electron chi connectivity index (χ2n) is 3.40. The van der Waals surface area contributed by atoms with Gasteiger partial charge in [0, 0.05) is 13.8 Å². The number of amides is 4. The predicted octanol–water partition coefficient (Wildman–Crippen LogP) is -0.861. The van der Waals surface area contributed by atoms with Gasteiger partial charge in [-0.05, 0) is 6.92 Å². The molecule has 0 unspecified atom stereocenters. The normalized spacial score (nSPS) is 21.9. The highest BCUT2D eigenvalue weighted by atomic mass is 16.2. The smallest absolute Gasteiger partial charge is 0.252 e. The molecule has 1 aliphatic rings. The van der Waals surface area contributed by atoms with Gasteiger partial charge in [-0.2, -0.15) is 0 Å². The highest BCUT2D eigenvalue weighted by Gasteiger charge is 2.40. The van der Waals surface area contributed by atoms with E-state index in [9.17, 15) is 19.2 Å². The lowest BCUT2D eigenvalue weighted by atomic mass is 10.1. The van der Waals surface area contributed by atoms with Crippen LogP contribution in [0.15, 0.2) is 0 Å². The topological polar surface area (TPSA) is 74.8 Å². The summed E-state index contributed by atoms with van der Waals surface area (Å²) in [5.74, 6) is -2.01. The first-order valence-electron chi connectivity index (χ1n) is 4.50. The minimum Gasteiger partial charge on any atom is -0.275 e. The number of piperazine rings is 1. The van der Waals surface area contributed by atoms with Gasteiger partial charge in [0.1, 0.15) is 12.6 Å². The quantitative estimate of drug-likeness (QED) is 0.523. The molecule has 0 aliphatic carbocycles. The molecule has 0 radical (unpaired) electrons. The number of carbonyl (C=O) groups is 4. The summed E-state index contributed by atoms with van der Waals surface area (Å²) in [6.45, 7) is 3.50. The van der Waals surface area contributed by atoms with E-state index in [1.807, 2.05) is 0 Å². The largest absolute Gasteiger partial charge is 0.275 e. The molecule has 0 aromatic heterocycles. The van der Waals surface area contributed by atoms with E-state index in [1.165, 1.54) is 20.8 Å². The van der Waals surface area contributed by atoms with Crippen LogP contribution in [0, 0.1) is 0 Å². The van der Waals surface area contributed by atoms with Gasteiger partial charge in [0.2, 0.25) is 17.7 Å². The first-order valence-corrected chi connectivity index (χ1v) is 4.50. The number of carbonyl (C=O) groups excluding carboxylic acids is 4. The van der Waals surface area contributed by atoms with E-state index in [0.717, 1.165) is 9.80 Å². The first kappa shape index (κ1) is 11.4. The van der Waals surface area contributed by atoms with Gasteiger partial charge >= 0.3 is 0 Å². The highest BCUT2D eigenvalue weighted by molar-refractivity contribution is 6.09. The number of nitrogens with zero attached hydrogens (tertiary/aromatic N) is 2. The Kier molecular flexibility index (Phi) is 2.88. The second kappa shape index (κ2) is 3.80. The van der Waals surface area contributed by atoms with Crippen LogP contribution in [0.5, 0.6) is 0 Å². The molecular weight excluding hydrogens is 200 g/mol. The third-order valence-electron chi connectivity index (χ3n) is 2.29. The van der Waals surface area contributed by atoms with Crippen LogP contribution in [0.25, 0.3) is 0 Å². The van der Waals surface area contributed by atoms with Gasteiger partial charge < -0.3 is 0 Å². The zero-order chi connectivity index (χ0) is 11.7. The Bertz CT molecular complexity index is 350. The molecule has 0 spiro atoms. The van der Waals surface area contributed by atoms with Crippen molar-refractivity contribution in [3.05, 3.63) is 0 Å². The van der Waals surface area contributed by atoms with Crippen molar-refractivity contribution in [2.75, 3.05) is 6.54 Å². The Labute approximate surface area is 86.8 Å². The molecule has 0 N–H and O–H groups in total. The standard InChI is InChI=1S/C9H12N2O4/c1-5-9(15)10(6(2)12)4-8(14)11(5)7(3)13/h5H,4H2,1-3H3/t5-/m0/s1. The van der Waals surface area contributed by atoms with Crippen molar-refractivity contribution in [2.45, 2.75) is 26.8 Å². The maximum atomic E-state index is 11.6. The summed E-state index contributed by atoms with van der Waals surface area (Å²) in [6.07, 6.45) is 0. The molecule has 15 heavy (non-hydrogen) atoms. The van der Waals surface area contributed by atoms with Crippen molar-refractivity contribution in [3.63, 3.8) is 0 Å². The molecule has 6 nitrogen and oxygen atoms in total. The van der Waals surface area contributed by atoms with Crippen molar-refractivity contribution in [3.8, 4) is 0 Å². The zero-order valence-electron chi connectivity index (χ0n) is 8.81. The summed E-state index contributed by atoms with van der Waals surface area (Å²) >= 11 is 0. The molecule has 0 bridgehead atoms. The number of hydrogen-bond donors (Lipinski definition) is 0. The summed E-state index contributed by atoms with van der Waals surface area (Å²) in [6, 6.07) is -0.896. The Morgan fingerprint density at radius 3 is 2.13 bits per heavy atom. The molecule has 6 heteroatoms. The fourth-order valence-electron chi connectivity index (χ4n) is 1.56. The van der Waals surface area contributed by atoms with Crippen LogP contribution in [0.3, 0.4) is 0 Å². The van der Waals surface area contributed by atoms with Crippen LogP contribution in [0.1, 0.15) is 20.8 Å². The minimum atomic E-state index is -0.896. The van der Waals surface area contributed by atoms with Crippen molar-refractivity contribution in [1.29, 1.82) is 0 Å². The van der Waals surface area contributed by atoms with E-state index in [1.54, 1.807) is 0 Å². The zero-order valence-corrected chi connectivity index (χ0v) is 8.81. The van der Waals surface area contributed by atoms with Crippen LogP contribution in [0.4, 0.5) is 0 Å². The summed E-state index contributed by atoms with van der Waals surface area (Å²) < 4.78 is 0. The first-order chi connectivity index (χ1) is 6.86. The number of hydrogen-bond acceptors (Lipinski definition) is 4. The third-order valence-corrected chi connectivity index (χ3v) is 2.29. The molecule has 1 aliphatic heterocycles. The molecule has 82 valence electrons. The van der Waals surface area contributed by atoms with Crippen molar-refractivity contribution in [1.82, 2.24) is 9.80 Å². The summed E-state index contributed by atoms with van der Waals surface area (Å²) in [5.41, 5.74) is 0. The van der Waals surface area contributed by atoms with E-state index in [2.05, 4.69) is 0 Å². The Morgan fingerprint density at radius 1 is 1.20 bits per heavy atom. The van der Waals surface area contributed by atoms with E-state index in [0.29, 0.717) is 0 Å². The molecule has 1 saturated heterocycles. The van der Waals surface area contributed by atoms with Crippen molar-refractivity contribution >= 4 is 23.6 Å². The van der Waals surface area contributed by atoms with Crippen molar-refractivity contribution < 1.29 is 19.2 Å². The Morgan fingerprint density at radius 2 is 1.73 bits per heavy atom. The molecule has 1 atom stereocenters. The molecular formula is C9H12N2O4. The highest BCUT2D eigenvalue weighted by Crippen LogP contribution is 2.12. The van der Waals surface area contributed by atoms with Gasteiger partial charge in [0.25, 0.3) is 5.91 Å². The molecule has 0 aromatic carbocycles. The van der Waals surface area contributed by atoms with Gasteiger partial charge in [-0.15, -0.1) is 0 Å². The van der Waals surface area contributed by atoms with Crippen molar-refractivity contribution in [2.24, 2.45) is 0 Å². The number of imide groups is 2. The molecule has 4 amide bonds. The van der Waals surface area contributed by atoms with Gasteiger partial charge in [-0.1, -0.05) is 0 Å². The lowest BCUT2D eigenvalue weighted by Crippen LogP contribution is -2.61. The predicted molar refractivity (Wildman–Crippen MR) is 49.4 cm³/mol. The molecule has 0 aromatic rings. The fourth-order valence-corrected chi connectivity index (χ4v) is 1.56. The van der Waals surface area contributed by atoms with E-state index in [4.69, 9.17) is 0 Å². The lowest BCUT2D eigenvalue weighted by Gasteiger charge is -2.35. The summed E-state index contributed by atoms with van der Waals surface area (Å²) in [4.78, 5) is 46.9. The average molecular weight is 212 g/mol. The monoisotopic (exact) mass is 212 g/mol. The number of rotatable bonds is 0.